The Morgan fingerprint density at radius 1 is 1.50 bits per heavy atom. The van der Waals surface area contributed by atoms with Gasteiger partial charge in [0.1, 0.15) is 0 Å². The minimum Gasteiger partial charge on any atom is -0.481 e. The number of hydrogen-bond acceptors (Lipinski definition) is 3. The molecule has 1 rings (SSSR count). The lowest BCUT2D eigenvalue weighted by Crippen LogP contribution is -2.44. The van der Waals surface area contributed by atoms with Crippen LogP contribution in [0.2, 0.25) is 0 Å². The average Bonchev–Trinajstić information content (AvgIpc) is 2.75. The number of carboxylic acids is 1. The Bertz CT molecular complexity index is 283. The second kappa shape index (κ2) is 6.53. The molecular weight excluding hydrogens is 228 g/mol. The van der Waals surface area contributed by atoms with E-state index in [1.54, 1.807) is 0 Å². The normalized spacial score (nSPS) is 24.4. The summed E-state index contributed by atoms with van der Waals surface area (Å²) in [6.07, 6.45) is 3.19. The summed E-state index contributed by atoms with van der Waals surface area (Å²) in [6, 6.07) is 0.606. The van der Waals surface area contributed by atoms with Gasteiger partial charge >= 0.3 is 5.97 Å². The van der Waals surface area contributed by atoms with Gasteiger partial charge in [0.2, 0.25) is 0 Å². The van der Waals surface area contributed by atoms with Gasteiger partial charge in [-0.3, -0.25) is 9.69 Å². The highest BCUT2D eigenvalue weighted by Crippen LogP contribution is 2.24. The van der Waals surface area contributed by atoms with Crippen LogP contribution in [0.15, 0.2) is 0 Å². The zero-order chi connectivity index (χ0) is 13.8. The molecule has 4 nitrogen and oxygen atoms in total. The van der Waals surface area contributed by atoms with Crippen molar-refractivity contribution < 1.29 is 9.90 Å². The molecular formula is C14H28N2O2. The molecule has 1 fully saturated rings. The van der Waals surface area contributed by atoms with Crippen molar-refractivity contribution >= 4 is 5.97 Å². The van der Waals surface area contributed by atoms with E-state index in [1.807, 2.05) is 20.9 Å². The molecule has 1 aliphatic rings. The van der Waals surface area contributed by atoms with Crippen LogP contribution in [0.3, 0.4) is 0 Å². The molecule has 0 aromatic carbocycles. The fraction of sp³-hybridized carbons (Fsp3) is 0.929. The summed E-state index contributed by atoms with van der Waals surface area (Å²) in [7, 11) is 2.04. The Morgan fingerprint density at radius 3 is 2.67 bits per heavy atom. The van der Waals surface area contributed by atoms with Crippen molar-refractivity contribution in [2.45, 2.75) is 46.1 Å². The van der Waals surface area contributed by atoms with E-state index in [0.29, 0.717) is 19.0 Å². The third-order valence-electron chi connectivity index (χ3n) is 4.34. The van der Waals surface area contributed by atoms with Crippen LogP contribution in [0.5, 0.6) is 0 Å². The van der Waals surface area contributed by atoms with Gasteiger partial charge in [-0.25, -0.2) is 0 Å². The fourth-order valence-corrected chi connectivity index (χ4v) is 2.87. The Balaban J connectivity index is 2.50. The lowest BCUT2D eigenvalue weighted by atomic mass is 9.87. The van der Waals surface area contributed by atoms with Crippen molar-refractivity contribution in [3.05, 3.63) is 0 Å². The molecule has 0 amide bonds. The molecule has 1 saturated heterocycles. The smallest absolute Gasteiger partial charge is 0.310 e. The van der Waals surface area contributed by atoms with Gasteiger partial charge in [0.05, 0.1) is 5.41 Å². The quantitative estimate of drug-likeness (QED) is 0.755. The summed E-state index contributed by atoms with van der Waals surface area (Å²) in [5.41, 5.74) is -0.621. The first-order valence-electron chi connectivity index (χ1n) is 7.09. The summed E-state index contributed by atoms with van der Waals surface area (Å²) in [4.78, 5) is 16.0. The van der Waals surface area contributed by atoms with E-state index in [0.717, 1.165) is 13.1 Å². The molecule has 4 heteroatoms. The second-order valence-corrected chi connectivity index (χ2v) is 5.84. The summed E-state index contributed by atoms with van der Waals surface area (Å²) in [5.74, 6) is -0.685. The van der Waals surface area contributed by atoms with E-state index in [1.165, 1.54) is 19.4 Å². The minimum atomic E-state index is -0.685. The van der Waals surface area contributed by atoms with Gasteiger partial charge in [-0.1, -0.05) is 13.8 Å². The van der Waals surface area contributed by atoms with Crippen LogP contribution in [0.1, 0.15) is 40.0 Å². The Morgan fingerprint density at radius 2 is 2.17 bits per heavy atom. The molecule has 2 atom stereocenters. The van der Waals surface area contributed by atoms with E-state index >= 15 is 0 Å². The van der Waals surface area contributed by atoms with Gasteiger partial charge in [-0.2, -0.15) is 0 Å². The third-order valence-corrected chi connectivity index (χ3v) is 4.34. The number of likely N-dealkylation sites (tertiary alicyclic amines) is 1. The first-order chi connectivity index (χ1) is 8.42. The van der Waals surface area contributed by atoms with E-state index < -0.39 is 11.4 Å². The topological polar surface area (TPSA) is 43.8 Å². The molecule has 2 unspecified atom stereocenters. The molecule has 0 radical (unpaired) electrons. The van der Waals surface area contributed by atoms with Crippen molar-refractivity contribution in [1.82, 2.24) is 9.80 Å². The molecule has 0 aromatic heterocycles. The van der Waals surface area contributed by atoms with Gasteiger partial charge in [0, 0.05) is 19.1 Å². The molecule has 0 saturated carbocycles. The fourth-order valence-electron chi connectivity index (χ4n) is 2.87. The lowest BCUT2D eigenvalue weighted by Gasteiger charge is -2.32. The predicted molar refractivity (Wildman–Crippen MR) is 73.8 cm³/mol. The van der Waals surface area contributed by atoms with Crippen LogP contribution in [-0.4, -0.2) is 60.1 Å². The van der Waals surface area contributed by atoms with Crippen LogP contribution in [0.25, 0.3) is 0 Å². The summed E-state index contributed by atoms with van der Waals surface area (Å²) >= 11 is 0. The standard InChI is InChI=1S/C14H28N2O2/c1-5-14(3,13(17)18)11-15(4)10-12-8-7-9-16(12)6-2/h12H,5-11H2,1-4H3,(H,17,18). The Hall–Kier alpha value is -0.610. The number of carbonyl (C=O) groups is 1. The molecule has 18 heavy (non-hydrogen) atoms. The first-order valence-corrected chi connectivity index (χ1v) is 7.09. The maximum absolute atomic E-state index is 11.3. The number of rotatable bonds is 7. The van der Waals surface area contributed by atoms with Crippen LogP contribution in [-0.2, 0) is 4.79 Å². The van der Waals surface area contributed by atoms with E-state index in [9.17, 15) is 9.90 Å². The van der Waals surface area contributed by atoms with Crippen molar-refractivity contribution in [3.63, 3.8) is 0 Å². The molecule has 1 N–H and O–H groups in total. The highest BCUT2D eigenvalue weighted by molar-refractivity contribution is 5.74. The van der Waals surface area contributed by atoms with Gasteiger partial charge < -0.3 is 10.0 Å². The number of likely N-dealkylation sites (N-methyl/N-ethyl adjacent to an activating group) is 2. The van der Waals surface area contributed by atoms with Crippen LogP contribution >= 0.6 is 0 Å². The van der Waals surface area contributed by atoms with Gasteiger partial charge in [0.15, 0.2) is 0 Å². The van der Waals surface area contributed by atoms with Crippen molar-refractivity contribution in [2.75, 3.05) is 33.2 Å². The number of hydrogen-bond donors (Lipinski definition) is 1. The van der Waals surface area contributed by atoms with E-state index in [-0.39, 0.29) is 0 Å². The van der Waals surface area contributed by atoms with Crippen LogP contribution < -0.4 is 0 Å². The second-order valence-electron chi connectivity index (χ2n) is 5.84. The van der Waals surface area contributed by atoms with E-state index in [4.69, 9.17) is 0 Å². The Kier molecular flexibility index (Phi) is 5.60. The summed E-state index contributed by atoms with van der Waals surface area (Å²) in [6.45, 7) is 9.91. The van der Waals surface area contributed by atoms with Gasteiger partial charge in [-0.15, -0.1) is 0 Å². The maximum atomic E-state index is 11.3. The van der Waals surface area contributed by atoms with Gasteiger partial charge in [-0.05, 0) is 46.3 Å². The van der Waals surface area contributed by atoms with Gasteiger partial charge in [0.25, 0.3) is 0 Å². The molecule has 0 aromatic rings. The third kappa shape index (κ3) is 3.69. The molecule has 1 heterocycles. The molecule has 1 aliphatic heterocycles. The first kappa shape index (κ1) is 15.4. The molecule has 0 bridgehead atoms. The molecule has 0 aliphatic carbocycles. The van der Waals surface area contributed by atoms with Crippen LogP contribution in [0.4, 0.5) is 0 Å². The van der Waals surface area contributed by atoms with E-state index in [2.05, 4.69) is 16.7 Å². The number of nitrogens with zero attached hydrogens (tertiary/aromatic N) is 2. The number of carboxylic acid groups (broad SMARTS) is 1. The van der Waals surface area contributed by atoms with Crippen molar-refractivity contribution in [3.8, 4) is 0 Å². The lowest BCUT2D eigenvalue weighted by molar-refractivity contribution is -0.149. The molecule has 106 valence electrons. The largest absolute Gasteiger partial charge is 0.481 e. The average molecular weight is 256 g/mol. The maximum Gasteiger partial charge on any atom is 0.310 e. The minimum absolute atomic E-state index is 0.606. The van der Waals surface area contributed by atoms with Crippen molar-refractivity contribution in [2.24, 2.45) is 5.41 Å². The zero-order valence-corrected chi connectivity index (χ0v) is 12.3. The summed E-state index contributed by atoms with van der Waals surface area (Å²) < 4.78 is 0. The molecule has 0 spiro atoms. The monoisotopic (exact) mass is 256 g/mol. The Labute approximate surface area is 111 Å². The SMILES string of the molecule is CCN1CCCC1CN(C)CC(C)(CC)C(=O)O. The number of aliphatic carboxylic acids is 1. The van der Waals surface area contributed by atoms with Crippen molar-refractivity contribution in [1.29, 1.82) is 0 Å². The highest BCUT2D eigenvalue weighted by atomic mass is 16.4. The zero-order valence-electron chi connectivity index (χ0n) is 12.3. The highest BCUT2D eigenvalue weighted by Gasteiger charge is 2.33. The predicted octanol–water partition coefficient (Wildman–Crippen LogP) is 1.90. The summed E-state index contributed by atoms with van der Waals surface area (Å²) in [5, 5.41) is 9.30. The van der Waals surface area contributed by atoms with Crippen LogP contribution in [0, 0.1) is 5.41 Å².